The summed E-state index contributed by atoms with van der Waals surface area (Å²) in [5, 5.41) is 14.2. The lowest BCUT2D eigenvalue weighted by Crippen LogP contribution is -2.14. The van der Waals surface area contributed by atoms with Gasteiger partial charge >= 0.3 is 5.97 Å². The smallest absolute Gasteiger partial charge is 0.337 e. The van der Waals surface area contributed by atoms with Gasteiger partial charge in [0.15, 0.2) is 0 Å². The van der Waals surface area contributed by atoms with Gasteiger partial charge in [0.1, 0.15) is 0 Å². The Morgan fingerprint density at radius 2 is 2.05 bits per heavy atom. The van der Waals surface area contributed by atoms with Crippen molar-refractivity contribution in [2.24, 2.45) is 7.05 Å². The average molecular weight is 307 g/mol. The van der Waals surface area contributed by atoms with Gasteiger partial charge in [-0.1, -0.05) is 11.8 Å². The van der Waals surface area contributed by atoms with Crippen molar-refractivity contribution in [3.05, 3.63) is 29.8 Å². The SMILES string of the molecule is COC(=O)c1ccc(NC(=O)CSc2nnnn2C)cc1. The number of esters is 1. The molecule has 0 fully saturated rings. The molecule has 1 amide bonds. The molecule has 1 aromatic carbocycles. The molecule has 0 unspecified atom stereocenters. The highest BCUT2D eigenvalue weighted by atomic mass is 32.2. The summed E-state index contributed by atoms with van der Waals surface area (Å²) in [7, 11) is 3.02. The number of benzene rings is 1. The second-order valence-corrected chi connectivity index (χ2v) is 4.93. The van der Waals surface area contributed by atoms with Crippen molar-refractivity contribution in [3.8, 4) is 0 Å². The van der Waals surface area contributed by atoms with E-state index in [1.165, 1.54) is 23.6 Å². The number of rotatable bonds is 5. The maximum atomic E-state index is 11.8. The number of anilines is 1. The van der Waals surface area contributed by atoms with Gasteiger partial charge in [0, 0.05) is 12.7 Å². The van der Waals surface area contributed by atoms with Gasteiger partial charge in [-0.15, -0.1) is 5.10 Å². The minimum atomic E-state index is -0.418. The van der Waals surface area contributed by atoms with E-state index in [-0.39, 0.29) is 11.7 Å². The maximum absolute atomic E-state index is 11.8. The number of carbonyl (C=O) groups is 2. The Kier molecular flexibility index (Phi) is 4.88. The summed E-state index contributed by atoms with van der Waals surface area (Å²) >= 11 is 1.23. The second kappa shape index (κ2) is 6.84. The highest BCUT2D eigenvalue weighted by molar-refractivity contribution is 7.99. The Morgan fingerprint density at radius 1 is 1.33 bits per heavy atom. The third kappa shape index (κ3) is 4.02. The fraction of sp³-hybridized carbons (Fsp3) is 0.250. The standard InChI is InChI=1S/C12H13N5O3S/c1-17-12(14-15-16-17)21-7-10(18)13-9-5-3-8(4-6-9)11(19)20-2/h3-6H,7H2,1-2H3,(H,13,18). The zero-order valence-electron chi connectivity index (χ0n) is 11.4. The molecule has 0 saturated heterocycles. The summed E-state index contributed by atoms with van der Waals surface area (Å²) in [6, 6.07) is 6.44. The van der Waals surface area contributed by atoms with Gasteiger partial charge in [0.05, 0.1) is 18.4 Å². The van der Waals surface area contributed by atoms with Gasteiger partial charge in [-0.25, -0.2) is 9.48 Å². The summed E-state index contributed by atoms with van der Waals surface area (Å²) in [6.45, 7) is 0. The molecule has 9 heteroatoms. The van der Waals surface area contributed by atoms with Crippen LogP contribution in [0.4, 0.5) is 5.69 Å². The molecule has 0 aliphatic rings. The van der Waals surface area contributed by atoms with Crippen LogP contribution in [0.3, 0.4) is 0 Å². The third-order valence-electron chi connectivity index (χ3n) is 2.50. The zero-order chi connectivity index (χ0) is 15.2. The highest BCUT2D eigenvalue weighted by Gasteiger charge is 2.09. The van der Waals surface area contributed by atoms with E-state index in [4.69, 9.17) is 0 Å². The molecule has 1 aromatic heterocycles. The van der Waals surface area contributed by atoms with Crippen LogP contribution in [-0.4, -0.2) is 44.9 Å². The van der Waals surface area contributed by atoms with Crippen LogP contribution in [0.1, 0.15) is 10.4 Å². The van der Waals surface area contributed by atoms with Crippen molar-refractivity contribution < 1.29 is 14.3 Å². The number of amides is 1. The highest BCUT2D eigenvalue weighted by Crippen LogP contribution is 2.14. The molecule has 8 nitrogen and oxygen atoms in total. The van der Waals surface area contributed by atoms with Crippen LogP contribution in [0.5, 0.6) is 0 Å². The molecule has 0 aliphatic carbocycles. The van der Waals surface area contributed by atoms with Crippen molar-refractivity contribution in [2.75, 3.05) is 18.2 Å². The lowest BCUT2D eigenvalue weighted by atomic mass is 10.2. The summed E-state index contributed by atoms with van der Waals surface area (Å²) in [5.74, 6) is -0.417. The second-order valence-electron chi connectivity index (χ2n) is 3.99. The largest absolute Gasteiger partial charge is 0.465 e. The number of hydrogen-bond acceptors (Lipinski definition) is 7. The molecule has 2 rings (SSSR count). The molecule has 1 heterocycles. The Hall–Kier alpha value is -2.42. The first-order chi connectivity index (χ1) is 10.1. The molecule has 0 aliphatic heterocycles. The van der Waals surface area contributed by atoms with Crippen LogP contribution >= 0.6 is 11.8 Å². The van der Waals surface area contributed by atoms with Crippen LogP contribution < -0.4 is 5.32 Å². The third-order valence-corrected chi connectivity index (χ3v) is 3.51. The summed E-state index contributed by atoms with van der Waals surface area (Å²) in [5.41, 5.74) is 1.03. The maximum Gasteiger partial charge on any atom is 0.337 e. The zero-order valence-corrected chi connectivity index (χ0v) is 12.3. The van der Waals surface area contributed by atoms with Crippen LogP contribution in [0.2, 0.25) is 0 Å². The fourth-order valence-corrected chi connectivity index (χ4v) is 2.13. The fourth-order valence-electron chi connectivity index (χ4n) is 1.48. The molecule has 110 valence electrons. The van der Waals surface area contributed by atoms with E-state index in [1.54, 1.807) is 31.3 Å². The molecule has 0 saturated carbocycles. The normalized spacial score (nSPS) is 10.2. The van der Waals surface area contributed by atoms with Crippen LogP contribution in [-0.2, 0) is 16.6 Å². The van der Waals surface area contributed by atoms with Gasteiger partial charge in [0.2, 0.25) is 11.1 Å². The minimum absolute atomic E-state index is 0.186. The lowest BCUT2D eigenvalue weighted by Gasteiger charge is -2.05. The Morgan fingerprint density at radius 3 is 2.62 bits per heavy atom. The molecule has 21 heavy (non-hydrogen) atoms. The molecule has 2 aromatic rings. The monoisotopic (exact) mass is 307 g/mol. The van der Waals surface area contributed by atoms with Gasteiger partial charge in [-0.3, -0.25) is 4.79 Å². The van der Waals surface area contributed by atoms with Crippen LogP contribution in [0.15, 0.2) is 29.4 Å². The topological polar surface area (TPSA) is 99.0 Å². The van der Waals surface area contributed by atoms with Crippen molar-refractivity contribution in [1.29, 1.82) is 0 Å². The summed E-state index contributed by atoms with van der Waals surface area (Å²) < 4.78 is 6.09. The first-order valence-electron chi connectivity index (χ1n) is 5.93. The van der Waals surface area contributed by atoms with Crippen LogP contribution in [0, 0.1) is 0 Å². The molecular weight excluding hydrogens is 294 g/mol. The predicted octanol–water partition coefficient (Wildman–Crippen LogP) is 0.727. The van der Waals surface area contributed by atoms with E-state index in [9.17, 15) is 9.59 Å². The van der Waals surface area contributed by atoms with Crippen molar-refractivity contribution in [3.63, 3.8) is 0 Å². The molecule has 0 atom stereocenters. The van der Waals surface area contributed by atoms with Crippen molar-refractivity contribution >= 4 is 29.3 Å². The number of methoxy groups -OCH3 is 1. The average Bonchev–Trinajstić information content (AvgIpc) is 2.90. The Labute approximate surface area is 124 Å². The lowest BCUT2D eigenvalue weighted by molar-refractivity contribution is -0.113. The van der Waals surface area contributed by atoms with E-state index >= 15 is 0 Å². The van der Waals surface area contributed by atoms with E-state index in [1.807, 2.05) is 0 Å². The van der Waals surface area contributed by atoms with Gasteiger partial charge in [-0.05, 0) is 34.7 Å². The van der Waals surface area contributed by atoms with Crippen LogP contribution in [0.25, 0.3) is 0 Å². The number of aromatic nitrogens is 4. The minimum Gasteiger partial charge on any atom is -0.465 e. The van der Waals surface area contributed by atoms with Crippen molar-refractivity contribution in [1.82, 2.24) is 20.2 Å². The number of nitrogens with one attached hydrogen (secondary N) is 1. The first-order valence-corrected chi connectivity index (χ1v) is 6.92. The van der Waals surface area contributed by atoms with Gasteiger partial charge in [0.25, 0.3) is 0 Å². The molecule has 0 bridgehead atoms. The number of ether oxygens (including phenoxy) is 1. The number of carbonyl (C=O) groups excluding carboxylic acids is 2. The quantitative estimate of drug-likeness (QED) is 0.642. The number of nitrogens with zero attached hydrogens (tertiary/aromatic N) is 4. The van der Waals surface area contributed by atoms with Gasteiger partial charge < -0.3 is 10.1 Å². The molecule has 1 N–H and O–H groups in total. The van der Waals surface area contributed by atoms with Gasteiger partial charge in [-0.2, -0.15) is 0 Å². The number of hydrogen-bond donors (Lipinski definition) is 1. The molecule has 0 radical (unpaired) electrons. The van der Waals surface area contributed by atoms with E-state index in [2.05, 4.69) is 25.6 Å². The molecule has 0 spiro atoms. The molecular formula is C12H13N5O3S. The number of aryl methyl sites for hydroxylation is 1. The Balaban J connectivity index is 1.88. The van der Waals surface area contributed by atoms with E-state index in [0.717, 1.165) is 0 Å². The van der Waals surface area contributed by atoms with E-state index < -0.39 is 5.97 Å². The first kappa shape index (κ1) is 15.0. The Bertz CT molecular complexity index is 641. The number of thioether (sulfide) groups is 1. The van der Waals surface area contributed by atoms with E-state index in [0.29, 0.717) is 16.4 Å². The summed E-state index contributed by atoms with van der Waals surface area (Å²) in [6.07, 6.45) is 0. The predicted molar refractivity (Wildman–Crippen MR) is 75.9 cm³/mol. The number of tetrazole rings is 1. The summed E-state index contributed by atoms with van der Waals surface area (Å²) in [4.78, 5) is 23.1. The van der Waals surface area contributed by atoms with Crippen molar-refractivity contribution in [2.45, 2.75) is 5.16 Å².